The normalized spacial score (nSPS) is 21.1. The minimum absolute atomic E-state index is 0.399. The number of nitrogens with one attached hydrogen (secondary N) is 1. The van der Waals surface area contributed by atoms with Gasteiger partial charge < -0.3 is 10.2 Å². The van der Waals surface area contributed by atoms with Crippen LogP contribution in [0, 0.1) is 0 Å². The van der Waals surface area contributed by atoms with Crippen molar-refractivity contribution in [3.05, 3.63) is 40.9 Å². The zero-order valence-electron chi connectivity index (χ0n) is 12.2. The van der Waals surface area contributed by atoms with Gasteiger partial charge in [-0.15, -0.1) is 0 Å². The van der Waals surface area contributed by atoms with Crippen LogP contribution in [0.1, 0.15) is 31.0 Å². The number of nitrogens with zero attached hydrogens (tertiary/aromatic N) is 4. The van der Waals surface area contributed by atoms with Crippen LogP contribution in [0.5, 0.6) is 0 Å². The molecule has 114 valence electrons. The van der Waals surface area contributed by atoms with Gasteiger partial charge in [-0.25, -0.2) is 15.0 Å². The number of anilines is 2. The van der Waals surface area contributed by atoms with Crippen LogP contribution in [0.3, 0.4) is 0 Å². The van der Waals surface area contributed by atoms with E-state index in [0.717, 1.165) is 41.4 Å². The van der Waals surface area contributed by atoms with Gasteiger partial charge in [-0.3, -0.25) is 0 Å². The second-order valence-electron chi connectivity index (χ2n) is 5.96. The molecule has 6 heteroatoms. The van der Waals surface area contributed by atoms with Gasteiger partial charge >= 0.3 is 0 Å². The van der Waals surface area contributed by atoms with E-state index in [1.165, 1.54) is 12.8 Å². The van der Waals surface area contributed by atoms with Gasteiger partial charge in [0.25, 0.3) is 0 Å². The molecule has 2 aliphatic rings. The van der Waals surface area contributed by atoms with E-state index in [1.54, 1.807) is 0 Å². The molecule has 2 aromatic rings. The predicted octanol–water partition coefficient (Wildman–Crippen LogP) is 3.20. The standard InChI is InChI=1S/C16H18BrN5/c17-13-2-1-7-19-16(13)22-9-6-12(10-22)20-14-5-8-18-15(21-14)11-3-4-11/h1-2,5,7-8,11-12H,3-4,6,9-10H2,(H,18,20,21). The van der Waals surface area contributed by atoms with E-state index in [1.807, 2.05) is 30.6 Å². The van der Waals surface area contributed by atoms with E-state index in [0.29, 0.717) is 12.0 Å². The van der Waals surface area contributed by atoms with Crippen LogP contribution in [-0.2, 0) is 0 Å². The summed E-state index contributed by atoms with van der Waals surface area (Å²) < 4.78 is 1.05. The van der Waals surface area contributed by atoms with Crippen molar-refractivity contribution in [1.29, 1.82) is 0 Å². The maximum absolute atomic E-state index is 4.65. The quantitative estimate of drug-likeness (QED) is 0.908. The highest BCUT2D eigenvalue weighted by Crippen LogP contribution is 2.38. The highest BCUT2D eigenvalue weighted by atomic mass is 79.9. The highest BCUT2D eigenvalue weighted by Gasteiger charge is 2.28. The van der Waals surface area contributed by atoms with Crippen LogP contribution in [0.4, 0.5) is 11.6 Å². The molecule has 5 nitrogen and oxygen atoms in total. The van der Waals surface area contributed by atoms with Crippen molar-refractivity contribution in [2.75, 3.05) is 23.3 Å². The van der Waals surface area contributed by atoms with Crippen LogP contribution in [0.2, 0.25) is 0 Å². The van der Waals surface area contributed by atoms with Gasteiger partial charge in [-0.2, -0.15) is 0 Å². The summed E-state index contributed by atoms with van der Waals surface area (Å²) in [5.74, 6) is 3.55. The largest absolute Gasteiger partial charge is 0.365 e. The van der Waals surface area contributed by atoms with Crippen molar-refractivity contribution in [3.63, 3.8) is 0 Å². The molecule has 1 aliphatic heterocycles. The van der Waals surface area contributed by atoms with Crippen molar-refractivity contribution in [1.82, 2.24) is 15.0 Å². The number of hydrogen-bond donors (Lipinski definition) is 1. The Bertz CT molecular complexity index is 673. The summed E-state index contributed by atoms with van der Waals surface area (Å²) >= 11 is 3.58. The summed E-state index contributed by atoms with van der Waals surface area (Å²) in [6.45, 7) is 1.95. The number of pyridine rings is 1. The molecule has 2 aromatic heterocycles. The smallest absolute Gasteiger partial charge is 0.142 e. The van der Waals surface area contributed by atoms with E-state index in [4.69, 9.17) is 0 Å². The Morgan fingerprint density at radius 3 is 2.86 bits per heavy atom. The van der Waals surface area contributed by atoms with Gasteiger partial charge in [0.1, 0.15) is 17.5 Å². The minimum atomic E-state index is 0.399. The molecule has 4 rings (SSSR count). The second kappa shape index (κ2) is 5.83. The summed E-state index contributed by atoms with van der Waals surface area (Å²) in [6, 6.07) is 6.34. The molecule has 1 saturated heterocycles. The zero-order chi connectivity index (χ0) is 14.9. The van der Waals surface area contributed by atoms with Crippen LogP contribution in [0.15, 0.2) is 35.1 Å². The van der Waals surface area contributed by atoms with Crippen molar-refractivity contribution in [3.8, 4) is 0 Å². The molecule has 1 aliphatic carbocycles. The molecule has 0 radical (unpaired) electrons. The molecular formula is C16H18BrN5. The Kier molecular flexibility index (Phi) is 3.70. The molecule has 0 bridgehead atoms. The maximum Gasteiger partial charge on any atom is 0.142 e. The minimum Gasteiger partial charge on any atom is -0.365 e. The fraction of sp³-hybridized carbons (Fsp3) is 0.438. The van der Waals surface area contributed by atoms with E-state index < -0.39 is 0 Å². The molecule has 1 atom stereocenters. The van der Waals surface area contributed by atoms with Gasteiger partial charge in [-0.05, 0) is 53.4 Å². The molecule has 0 amide bonds. The molecule has 3 heterocycles. The average Bonchev–Trinajstić information content (AvgIpc) is 3.29. The summed E-state index contributed by atoms with van der Waals surface area (Å²) in [7, 11) is 0. The third-order valence-electron chi connectivity index (χ3n) is 4.20. The summed E-state index contributed by atoms with van der Waals surface area (Å²) in [5.41, 5.74) is 0. The van der Waals surface area contributed by atoms with Gasteiger partial charge in [0.15, 0.2) is 0 Å². The monoisotopic (exact) mass is 359 g/mol. The van der Waals surface area contributed by atoms with Crippen molar-refractivity contribution < 1.29 is 0 Å². The zero-order valence-corrected chi connectivity index (χ0v) is 13.8. The van der Waals surface area contributed by atoms with E-state index in [9.17, 15) is 0 Å². The lowest BCUT2D eigenvalue weighted by atomic mass is 10.2. The fourth-order valence-electron chi connectivity index (χ4n) is 2.88. The number of halogens is 1. The molecule has 1 unspecified atom stereocenters. The molecule has 1 saturated carbocycles. The molecule has 2 fully saturated rings. The van der Waals surface area contributed by atoms with E-state index in [-0.39, 0.29) is 0 Å². The summed E-state index contributed by atoms with van der Waals surface area (Å²) in [4.78, 5) is 15.8. The lowest BCUT2D eigenvalue weighted by molar-refractivity contribution is 0.792. The Morgan fingerprint density at radius 2 is 2.05 bits per heavy atom. The van der Waals surface area contributed by atoms with E-state index >= 15 is 0 Å². The lowest BCUT2D eigenvalue weighted by Crippen LogP contribution is -2.27. The Morgan fingerprint density at radius 1 is 1.14 bits per heavy atom. The van der Waals surface area contributed by atoms with Gasteiger partial charge in [-0.1, -0.05) is 0 Å². The first-order valence-corrected chi connectivity index (χ1v) is 8.54. The topological polar surface area (TPSA) is 53.9 Å². The molecule has 0 spiro atoms. The second-order valence-corrected chi connectivity index (χ2v) is 6.81. The molecule has 0 aromatic carbocycles. The summed E-state index contributed by atoms with van der Waals surface area (Å²) in [6.07, 6.45) is 7.26. The van der Waals surface area contributed by atoms with Gasteiger partial charge in [0.2, 0.25) is 0 Å². The first-order valence-electron chi connectivity index (χ1n) is 7.74. The lowest BCUT2D eigenvalue weighted by Gasteiger charge is -2.19. The van der Waals surface area contributed by atoms with Crippen LogP contribution in [-0.4, -0.2) is 34.1 Å². The first kappa shape index (κ1) is 13.9. The Hall–Kier alpha value is -1.69. The predicted molar refractivity (Wildman–Crippen MR) is 90.2 cm³/mol. The molecular weight excluding hydrogens is 342 g/mol. The Balaban J connectivity index is 1.43. The van der Waals surface area contributed by atoms with Crippen LogP contribution < -0.4 is 10.2 Å². The van der Waals surface area contributed by atoms with Gasteiger partial charge in [0.05, 0.1) is 4.47 Å². The number of rotatable bonds is 4. The Labute approximate surface area is 138 Å². The van der Waals surface area contributed by atoms with Crippen molar-refractivity contribution in [2.24, 2.45) is 0 Å². The third kappa shape index (κ3) is 2.92. The van der Waals surface area contributed by atoms with Crippen LogP contribution in [0.25, 0.3) is 0 Å². The fourth-order valence-corrected chi connectivity index (χ4v) is 3.39. The van der Waals surface area contributed by atoms with Gasteiger partial charge in [0, 0.05) is 37.4 Å². The highest BCUT2D eigenvalue weighted by molar-refractivity contribution is 9.10. The summed E-state index contributed by atoms with van der Waals surface area (Å²) in [5, 5.41) is 3.55. The van der Waals surface area contributed by atoms with E-state index in [2.05, 4.69) is 41.1 Å². The van der Waals surface area contributed by atoms with Crippen LogP contribution >= 0.6 is 15.9 Å². The number of hydrogen-bond acceptors (Lipinski definition) is 5. The molecule has 22 heavy (non-hydrogen) atoms. The molecule has 1 N–H and O–H groups in total. The van der Waals surface area contributed by atoms with Crippen molar-refractivity contribution in [2.45, 2.75) is 31.2 Å². The SMILES string of the molecule is Brc1cccnc1N1CCC(Nc2ccnc(C3CC3)n2)C1. The third-order valence-corrected chi connectivity index (χ3v) is 4.81. The number of aromatic nitrogens is 3. The maximum atomic E-state index is 4.65. The average molecular weight is 360 g/mol. The van der Waals surface area contributed by atoms with Crippen molar-refractivity contribution >= 4 is 27.6 Å². The first-order chi connectivity index (χ1) is 10.8.